The highest BCUT2D eigenvalue weighted by Gasteiger charge is 2.16. The largest absolute Gasteiger partial charge is 0.450 e. The topological polar surface area (TPSA) is 72.6 Å². The second-order valence-electron chi connectivity index (χ2n) is 4.22. The Morgan fingerprint density at radius 2 is 1.90 bits per heavy atom. The Morgan fingerprint density at radius 3 is 2.45 bits per heavy atom. The van der Waals surface area contributed by atoms with Gasteiger partial charge in [-0.05, 0) is 30.7 Å². The van der Waals surface area contributed by atoms with E-state index in [0.717, 1.165) is 18.2 Å². The van der Waals surface area contributed by atoms with E-state index < -0.39 is 16.8 Å². The van der Waals surface area contributed by atoms with Crippen LogP contribution in [0.1, 0.15) is 18.6 Å². The van der Waals surface area contributed by atoms with Crippen LogP contribution in [0.3, 0.4) is 0 Å². The van der Waals surface area contributed by atoms with Crippen molar-refractivity contribution < 1.29 is 19.2 Å². The van der Waals surface area contributed by atoms with Crippen LogP contribution in [0.4, 0.5) is 10.1 Å². The summed E-state index contributed by atoms with van der Waals surface area (Å²) in [6.45, 7) is 1.62. The molecule has 0 aromatic heterocycles. The maximum absolute atomic E-state index is 13.1. The fraction of sp³-hybridized carbons (Fsp3) is 0.143. The maximum atomic E-state index is 13.1. The number of nitro benzene ring substituents is 1. The minimum atomic E-state index is -0.640. The molecule has 5 nitrogen and oxygen atoms in total. The van der Waals surface area contributed by atoms with Crippen molar-refractivity contribution in [2.24, 2.45) is 0 Å². The molecule has 20 heavy (non-hydrogen) atoms. The molecule has 1 atom stereocenters. The van der Waals surface area contributed by atoms with Crippen molar-refractivity contribution >= 4 is 5.69 Å². The molecule has 0 unspecified atom stereocenters. The molecule has 0 bridgehead atoms. The molecular formula is C14H12FNO4. The zero-order chi connectivity index (χ0) is 14.7. The first kappa shape index (κ1) is 14.0. The Labute approximate surface area is 114 Å². The molecule has 0 aliphatic rings. The second-order valence-corrected chi connectivity index (χ2v) is 4.22. The van der Waals surface area contributed by atoms with Gasteiger partial charge in [0.15, 0.2) is 0 Å². The van der Waals surface area contributed by atoms with Crippen LogP contribution in [-0.4, -0.2) is 10.0 Å². The van der Waals surface area contributed by atoms with Crippen molar-refractivity contribution in [2.45, 2.75) is 13.0 Å². The lowest BCUT2D eigenvalue weighted by Gasteiger charge is -2.08. The van der Waals surface area contributed by atoms with Gasteiger partial charge in [-0.15, -0.1) is 0 Å². The maximum Gasteiger partial charge on any atom is 0.311 e. The molecule has 104 valence electrons. The molecule has 0 saturated heterocycles. The molecule has 0 aliphatic carbocycles. The average Bonchev–Trinajstić information content (AvgIpc) is 2.39. The van der Waals surface area contributed by atoms with Crippen LogP contribution in [0, 0.1) is 15.9 Å². The number of ether oxygens (including phenoxy) is 1. The van der Waals surface area contributed by atoms with Crippen molar-refractivity contribution in [3.63, 3.8) is 0 Å². The number of rotatable bonds is 4. The summed E-state index contributed by atoms with van der Waals surface area (Å²) in [5.74, 6) is -0.464. The van der Waals surface area contributed by atoms with E-state index in [1.807, 2.05) is 0 Å². The fourth-order valence-corrected chi connectivity index (χ4v) is 1.66. The van der Waals surface area contributed by atoms with Crippen molar-refractivity contribution in [3.8, 4) is 11.5 Å². The molecule has 0 radical (unpaired) electrons. The average molecular weight is 277 g/mol. The van der Waals surface area contributed by atoms with E-state index in [9.17, 15) is 19.6 Å². The fourth-order valence-electron chi connectivity index (χ4n) is 1.66. The van der Waals surface area contributed by atoms with Crippen LogP contribution in [-0.2, 0) is 0 Å². The smallest absolute Gasteiger partial charge is 0.311 e. The SMILES string of the molecule is C[C@H](O)c1ccc(Oc2cc(F)ccc2[N+](=O)[O-])cc1. The molecular weight excluding hydrogens is 265 g/mol. The molecule has 0 saturated carbocycles. The highest BCUT2D eigenvalue weighted by Crippen LogP contribution is 2.32. The summed E-state index contributed by atoms with van der Waals surface area (Å²) in [6.07, 6.45) is -0.618. The third-order valence-corrected chi connectivity index (χ3v) is 2.71. The van der Waals surface area contributed by atoms with Gasteiger partial charge < -0.3 is 9.84 Å². The number of nitro groups is 1. The molecule has 0 fully saturated rings. The van der Waals surface area contributed by atoms with E-state index in [2.05, 4.69) is 0 Å². The Bertz CT molecular complexity index is 626. The quantitative estimate of drug-likeness (QED) is 0.684. The monoisotopic (exact) mass is 277 g/mol. The number of hydrogen-bond donors (Lipinski definition) is 1. The van der Waals surface area contributed by atoms with Gasteiger partial charge in [0, 0.05) is 12.1 Å². The molecule has 1 N–H and O–H groups in total. The second kappa shape index (κ2) is 5.66. The van der Waals surface area contributed by atoms with Gasteiger partial charge in [0.1, 0.15) is 11.6 Å². The highest BCUT2D eigenvalue weighted by molar-refractivity contribution is 5.48. The Kier molecular flexibility index (Phi) is 3.95. The highest BCUT2D eigenvalue weighted by atomic mass is 19.1. The van der Waals surface area contributed by atoms with Crippen LogP contribution >= 0.6 is 0 Å². The Hall–Kier alpha value is -2.47. The predicted molar refractivity (Wildman–Crippen MR) is 70.2 cm³/mol. The summed E-state index contributed by atoms with van der Waals surface area (Å²) in [5, 5.41) is 20.2. The molecule has 0 heterocycles. The van der Waals surface area contributed by atoms with Gasteiger partial charge in [0.2, 0.25) is 5.75 Å². The zero-order valence-corrected chi connectivity index (χ0v) is 10.6. The van der Waals surface area contributed by atoms with Gasteiger partial charge >= 0.3 is 5.69 Å². The number of nitrogens with zero attached hydrogens (tertiary/aromatic N) is 1. The van der Waals surface area contributed by atoms with Gasteiger partial charge in [0.05, 0.1) is 11.0 Å². The molecule has 2 aromatic rings. The van der Waals surface area contributed by atoms with Gasteiger partial charge in [0.25, 0.3) is 0 Å². The zero-order valence-electron chi connectivity index (χ0n) is 10.6. The Balaban J connectivity index is 2.29. The molecule has 0 amide bonds. The lowest BCUT2D eigenvalue weighted by molar-refractivity contribution is -0.385. The van der Waals surface area contributed by atoms with Crippen LogP contribution in [0.2, 0.25) is 0 Å². The number of hydrogen-bond acceptors (Lipinski definition) is 4. The summed E-state index contributed by atoms with van der Waals surface area (Å²) < 4.78 is 18.5. The molecule has 0 aliphatic heterocycles. The van der Waals surface area contributed by atoms with Crippen LogP contribution in [0.15, 0.2) is 42.5 Å². The summed E-state index contributed by atoms with van der Waals surface area (Å²) >= 11 is 0. The van der Waals surface area contributed by atoms with E-state index >= 15 is 0 Å². The first-order valence-electron chi connectivity index (χ1n) is 5.87. The van der Waals surface area contributed by atoms with Crippen LogP contribution in [0.25, 0.3) is 0 Å². The normalized spacial score (nSPS) is 11.9. The van der Waals surface area contributed by atoms with Gasteiger partial charge in [-0.25, -0.2) is 4.39 Å². The minimum absolute atomic E-state index is 0.167. The lowest BCUT2D eigenvalue weighted by atomic mass is 10.1. The van der Waals surface area contributed by atoms with E-state index in [0.29, 0.717) is 11.3 Å². The predicted octanol–water partition coefficient (Wildman–Crippen LogP) is 3.58. The van der Waals surface area contributed by atoms with Crippen molar-refractivity contribution in [1.29, 1.82) is 0 Å². The van der Waals surface area contributed by atoms with Crippen LogP contribution < -0.4 is 4.74 Å². The molecule has 0 spiro atoms. The van der Waals surface area contributed by atoms with Crippen molar-refractivity contribution in [3.05, 3.63) is 64.0 Å². The third-order valence-electron chi connectivity index (χ3n) is 2.71. The van der Waals surface area contributed by atoms with Gasteiger partial charge in [-0.3, -0.25) is 10.1 Å². The minimum Gasteiger partial charge on any atom is -0.450 e. The van der Waals surface area contributed by atoms with E-state index in [1.54, 1.807) is 31.2 Å². The summed E-state index contributed by atoms with van der Waals surface area (Å²) in [5.41, 5.74) is 0.372. The summed E-state index contributed by atoms with van der Waals surface area (Å²) in [7, 11) is 0. The Morgan fingerprint density at radius 1 is 1.25 bits per heavy atom. The number of aliphatic hydroxyl groups is 1. The van der Waals surface area contributed by atoms with Gasteiger partial charge in [-0.2, -0.15) is 0 Å². The molecule has 2 rings (SSSR count). The number of benzene rings is 2. The molecule has 6 heteroatoms. The van der Waals surface area contributed by atoms with Crippen LogP contribution in [0.5, 0.6) is 11.5 Å². The van der Waals surface area contributed by atoms with E-state index in [-0.39, 0.29) is 11.4 Å². The summed E-state index contributed by atoms with van der Waals surface area (Å²) in [4.78, 5) is 10.2. The first-order chi connectivity index (χ1) is 9.47. The van der Waals surface area contributed by atoms with E-state index in [4.69, 9.17) is 4.74 Å². The first-order valence-corrected chi connectivity index (χ1v) is 5.87. The third kappa shape index (κ3) is 3.10. The lowest BCUT2D eigenvalue weighted by Crippen LogP contribution is -1.95. The van der Waals surface area contributed by atoms with Crippen molar-refractivity contribution in [2.75, 3.05) is 0 Å². The number of halogens is 1. The van der Waals surface area contributed by atoms with Gasteiger partial charge in [-0.1, -0.05) is 12.1 Å². The van der Waals surface area contributed by atoms with Crippen molar-refractivity contribution in [1.82, 2.24) is 0 Å². The standard InChI is InChI=1S/C14H12FNO4/c1-9(17)10-2-5-12(6-3-10)20-14-8-11(15)4-7-13(14)16(18)19/h2-9,17H,1H3/t9-/m0/s1. The van der Waals surface area contributed by atoms with E-state index in [1.165, 1.54) is 0 Å². The molecule has 2 aromatic carbocycles. The summed E-state index contributed by atoms with van der Waals surface area (Å²) in [6, 6.07) is 9.38. The number of aliphatic hydroxyl groups excluding tert-OH is 1.